The minimum absolute atomic E-state index is 0.00307. The van der Waals surface area contributed by atoms with Gasteiger partial charge in [-0.1, -0.05) is 36.4 Å². The number of aryl methyl sites for hydroxylation is 2. The standard InChI is InChI=1S/C28H35N3O3/c1-20-10-4-6-12-23(20)26(32)29-25(28(34)30-16-8-3-9-17-30)22-14-18-31(19-15-22)27(33)24-13-7-5-11-21(24)2/h4-7,10-13,22,25H,3,8-9,14-19H2,1-2H3,(H,29,32). The van der Waals surface area contributed by atoms with Gasteiger partial charge in [-0.3, -0.25) is 14.4 Å². The maximum atomic E-state index is 13.6. The van der Waals surface area contributed by atoms with Gasteiger partial charge in [0.1, 0.15) is 6.04 Å². The van der Waals surface area contributed by atoms with Crippen molar-refractivity contribution < 1.29 is 14.4 Å². The van der Waals surface area contributed by atoms with Crippen LogP contribution in [-0.4, -0.2) is 59.7 Å². The molecule has 34 heavy (non-hydrogen) atoms. The maximum absolute atomic E-state index is 13.6. The van der Waals surface area contributed by atoms with Crippen LogP contribution in [0.25, 0.3) is 0 Å². The third-order valence-electron chi connectivity index (χ3n) is 7.28. The van der Waals surface area contributed by atoms with Gasteiger partial charge in [-0.05, 0) is 75.1 Å². The lowest BCUT2D eigenvalue weighted by Crippen LogP contribution is -2.55. The van der Waals surface area contributed by atoms with E-state index in [1.807, 2.05) is 66.1 Å². The summed E-state index contributed by atoms with van der Waals surface area (Å²) in [6.45, 7) is 6.53. The number of carbonyl (C=O) groups is 3. The highest BCUT2D eigenvalue weighted by Gasteiger charge is 2.36. The van der Waals surface area contributed by atoms with Gasteiger partial charge in [0, 0.05) is 37.3 Å². The molecule has 2 heterocycles. The number of hydrogen-bond donors (Lipinski definition) is 1. The average molecular weight is 462 g/mol. The molecule has 2 aromatic carbocycles. The van der Waals surface area contributed by atoms with Crippen LogP contribution in [0.2, 0.25) is 0 Å². The van der Waals surface area contributed by atoms with Gasteiger partial charge in [-0.2, -0.15) is 0 Å². The van der Waals surface area contributed by atoms with Crippen molar-refractivity contribution >= 4 is 17.7 Å². The van der Waals surface area contributed by atoms with Crippen molar-refractivity contribution in [2.75, 3.05) is 26.2 Å². The Kier molecular flexibility index (Phi) is 7.66. The highest BCUT2D eigenvalue weighted by atomic mass is 16.2. The summed E-state index contributed by atoms with van der Waals surface area (Å²) in [6.07, 6.45) is 4.54. The Labute approximate surface area is 202 Å². The van der Waals surface area contributed by atoms with E-state index in [0.717, 1.165) is 49.0 Å². The second-order valence-corrected chi connectivity index (χ2v) is 9.60. The molecule has 0 aliphatic carbocycles. The molecule has 0 spiro atoms. The number of benzene rings is 2. The third kappa shape index (κ3) is 5.32. The maximum Gasteiger partial charge on any atom is 0.254 e. The molecular weight excluding hydrogens is 426 g/mol. The molecule has 0 aromatic heterocycles. The van der Waals surface area contributed by atoms with Gasteiger partial charge in [-0.25, -0.2) is 0 Å². The molecule has 2 aliphatic heterocycles. The zero-order valence-corrected chi connectivity index (χ0v) is 20.3. The summed E-state index contributed by atoms with van der Waals surface area (Å²) >= 11 is 0. The van der Waals surface area contributed by atoms with Crippen molar-refractivity contribution in [2.45, 2.75) is 52.0 Å². The molecule has 4 rings (SSSR count). The van der Waals surface area contributed by atoms with Crippen LogP contribution in [0.3, 0.4) is 0 Å². The number of nitrogens with zero attached hydrogens (tertiary/aromatic N) is 2. The molecule has 1 atom stereocenters. The first-order valence-corrected chi connectivity index (χ1v) is 12.5. The van der Waals surface area contributed by atoms with Crippen LogP contribution >= 0.6 is 0 Å². The van der Waals surface area contributed by atoms with E-state index in [1.165, 1.54) is 0 Å². The fraction of sp³-hybridized carbons (Fsp3) is 0.464. The predicted octanol–water partition coefficient (Wildman–Crippen LogP) is 3.97. The van der Waals surface area contributed by atoms with Crippen molar-refractivity contribution in [3.05, 3.63) is 70.8 Å². The zero-order chi connectivity index (χ0) is 24.1. The number of nitrogens with one attached hydrogen (secondary N) is 1. The first-order chi connectivity index (χ1) is 16.5. The Hall–Kier alpha value is -3.15. The monoisotopic (exact) mass is 461 g/mol. The van der Waals surface area contributed by atoms with E-state index in [1.54, 1.807) is 6.07 Å². The van der Waals surface area contributed by atoms with Crippen LogP contribution in [0.5, 0.6) is 0 Å². The van der Waals surface area contributed by atoms with Gasteiger partial charge in [0.25, 0.3) is 11.8 Å². The lowest BCUT2D eigenvalue weighted by molar-refractivity contribution is -0.136. The molecule has 0 radical (unpaired) electrons. The summed E-state index contributed by atoms with van der Waals surface area (Å²) in [5, 5.41) is 3.09. The number of amides is 3. The lowest BCUT2D eigenvalue weighted by Gasteiger charge is -2.38. The van der Waals surface area contributed by atoms with E-state index in [-0.39, 0.29) is 23.6 Å². The van der Waals surface area contributed by atoms with Crippen molar-refractivity contribution in [1.82, 2.24) is 15.1 Å². The molecule has 2 saturated heterocycles. The van der Waals surface area contributed by atoms with Gasteiger partial charge >= 0.3 is 0 Å². The molecule has 180 valence electrons. The minimum atomic E-state index is -0.569. The average Bonchev–Trinajstić information content (AvgIpc) is 2.87. The molecule has 3 amide bonds. The lowest BCUT2D eigenvalue weighted by atomic mass is 9.87. The Morgan fingerprint density at radius 2 is 1.32 bits per heavy atom. The van der Waals surface area contributed by atoms with Gasteiger partial charge in [0.15, 0.2) is 0 Å². The van der Waals surface area contributed by atoms with Crippen LogP contribution in [0.15, 0.2) is 48.5 Å². The third-order valence-corrected chi connectivity index (χ3v) is 7.28. The second kappa shape index (κ2) is 10.9. The van der Waals surface area contributed by atoms with Crippen molar-refractivity contribution in [1.29, 1.82) is 0 Å². The fourth-order valence-electron chi connectivity index (χ4n) is 5.16. The van der Waals surface area contributed by atoms with E-state index in [4.69, 9.17) is 0 Å². The summed E-state index contributed by atoms with van der Waals surface area (Å²) in [5.74, 6) is -0.139. The smallest absolute Gasteiger partial charge is 0.254 e. The topological polar surface area (TPSA) is 69.7 Å². The van der Waals surface area contributed by atoms with E-state index in [2.05, 4.69) is 5.32 Å². The van der Waals surface area contributed by atoms with Crippen LogP contribution < -0.4 is 5.32 Å². The second-order valence-electron chi connectivity index (χ2n) is 9.60. The molecule has 2 aromatic rings. The summed E-state index contributed by atoms with van der Waals surface area (Å²) < 4.78 is 0. The number of likely N-dealkylation sites (tertiary alicyclic amines) is 2. The van der Waals surface area contributed by atoms with E-state index >= 15 is 0 Å². The molecule has 6 heteroatoms. The van der Waals surface area contributed by atoms with Gasteiger partial charge in [0.2, 0.25) is 5.91 Å². The zero-order valence-electron chi connectivity index (χ0n) is 20.3. The molecule has 2 fully saturated rings. The largest absolute Gasteiger partial charge is 0.341 e. The van der Waals surface area contributed by atoms with E-state index in [9.17, 15) is 14.4 Å². The van der Waals surface area contributed by atoms with E-state index < -0.39 is 6.04 Å². The Morgan fingerprint density at radius 1 is 0.765 bits per heavy atom. The Bertz CT molecular complexity index is 1040. The first kappa shape index (κ1) is 24.0. The van der Waals surface area contributed by atoms with Gasteiger partial charge < -0.3 is 15.1 Å². The van der Waals surface area contributed by atoms with Crippen LogP contribution in [0, 0.1) is 19.8 Å². The number of hydrogen-bond acceptors (Lipinski definition) is 3. The quantitative estimate of drug-likeness (QED) is 0.733. The van der Waals surface area contributed by atoms with Crippen LogP contribution in [0.4, 0.5) is 0 Å². The number of rotatable bonds is 5. The Morgan fingerprint density at radius 3 is 1.91 bits per heavy atom. The highest BCUT2D eigenvalue weighted by molar-refractivity contribution is 5.99. The predicted molar refractivity (Wildman–Crippen MR) is 133 cm³/mol. The molecule has 1 unspecified atom stereocenters. The van der Waals surface area contributed by atoms with Crippen LogP contribution in [-0.2, 0) is 4.79 Å². The summed E-state index contributed by atoms with van der Waals surface area (Å²) in [5.41, 5.74) is 3.20. The molecule has 0 bridgehead atoms. The molecule has 1 N–H and O–H groups in total. The van der Waals surface area contributed by atoms with Gasteiger partial charge in [0.05, 0.1) is 0 Å². The SMILES string of the molecule is Cc1ccccc1C(=O)NC(C(=O)N1CCCCC1)C1CCN(C(=O)c2ccccc2C)CC1. The van der Waals surface area contributed by atoms with Crippen molar-refractivity contribution in [3.63, 3.8) is 0 Å². The van der Waals surface area contributed by atoms with Gasteiger partial charge in [-0.15, -0.1) is 0 Å². The molecule has 0 saturated carbocycles. The number of carbonyl (C=O) groups excluding carboxylic acids is 3. The first-order valence-electron chi connectivity index (χ1n) is 12.5. The number of piperidine rings is 2. The van der Waals surface area contributed by atoms with Crippen molar-refractivity contribution in [3.8, 4) is 0 Å². The van der Waals surface area contributed by atoms with Crippen LogP contribution in [0.1, 0.15) is 63.9 Å². The van der Waals surface area contributed by atoms with E-state index in [0.29, 0.717) is 31.5 Å². The van der Waals surface area contributed by atoms with Crippen molar-refractivity contribution in [2.24, 2.45) is 5.92 Å². The Balaban J connectivity index is 1.48. The fourth-order valence-corrected chi connectivity index (χ4v) is 5.16. The molecular formula is C28H35N3O3. The highest BCUT2D eigenvalue weighted by Crippen LogP contribution is 2.25. The molecule has 2 aliphatic rings. The molecule has 6 nitrogen and oxygen atoms in total. The summed E-state index contributed by atoms with van der Waals surface area (Å²) in [6, 6.07) is 14.5. The minimum Gasteiger partial charge on any atom is -0.341 e. The normalized spacial score (nSPS) is 17.8. The summed E-state index contributed by atoms with van der Waals surface area (Å²) in [7, 11) is 0. The summed E-state index contributed by atoms with van der Waals surface area (Å²) in [4.78, 5) is 43.6.